The van der Waals surface area contributed by atoms with Crippen molar-refractivity contribution in [1.29, 1.82) is 5.26 Å². The summed E-state index contributed by atoms with van der Waals surface area (Å²) in [6.45, 7) is 7.69. The highest BCUT2D eigenvalue weighted by Crippen LogP contribution is 2.39. The van der Waals surface area contributed by atoms with Crippen LogP contribution >= 0.6 is 0 Å². The fraction of sp³-hybridized carbons (Fsp3) is 0.533. The van der Waals surface area contributed by atoms with E-state index in [-0.39, 0.29) is 5.54 Å². The van der Waals surface area contributed by atoms with E-state index in [9.17, 15) is 0 Å². The van der Waals surface area contributed by atoms with Crippen LogP contribution in [0.15, 0.2) is 24.3 Å². The van der Waals surface area contributed by atoms with Crippen LogP contribution in [0.5, 0.6) is 0 Å². The molecular weight excluding hydrogens is 208 g/mol. The van der Waals surface area contributed by atoms with Gasteiger partial charge in [0.25, 0.3) is 0 Å². The van der Waals surface area contributed by atoms with Gasteiger partial charge in [-0.2, -0.15) is 5.26 Å². The first kappa shape index (κ1) is 12.0. The van der Waals surface area contributed by atoms with E-state index in [0.29, 0.717) is 12.3 Å². The predicted octanol–water partition coefficient (Wildman–Crippen LogP) is 3.51. The van der Waals surface area contributed by atoms with Crippen molar-refractivity contribution in [1.82, 2.24) is 0 Å². The van der Waals surface area contributed by atoms with Gasteiger partial charge in [0.2, 0.25) is 0 Å². The Morgan fingerprint density at radius 1 is 1.47 bits per heavy atom. The molecule has 1 aliphatic rings. The number of nitrogens with zero attached hydrogens (tertiary/aromatic N) is 2. The number of benzene rings is 1. The van der Waals surface area contributed by atoms with Crippen LogP contribution in [0.4, 0.5) is 5.69 Å². The van der Waals surface area contributed by atoms with E-state index in [1.807, 2.05) is 0 Å². The molecule has 1 aliphatic heterocycles. The summed E-state index contributed by atoms with van der Waals surface area (Å²) in [5.41, 5.74) is 2.67. The Labute approximate surface area is 104 Å². The Bertz CT molecular complexity index is 442. The molecule has 1 unspecified atom stereocenters. The molecule has 1 aromatic carbocycles. The van der Waals surface area contributed by atoms with Crippen molar-refractivity contribution >= 4 is 5.69 Å². The third kappa shape index (κ3) is 2.15. The monoisotopic (exact) mass is 228 g/mol. The third-order valence-electron chi connectivity index (χ3n) is 4.05. The van der Waals surface area contributed by atoms with Gasteiger partial charge < -0.3 is 4.90 Å². The smallest absolute Gasteiger partial charge is 0.0625 e. The van der Waals surface area contributed by atoms with Gasteiger partial charge in [0, 0.05) is 24.2 Å². The van der Waals surface area contributed by atoms with Crippen LogP contribution in [0.2, 0.25) is 0 Å². The average Bonchev–Trinajstić information content (AvgIpc) is 2.55. The number of aryl methyl sites for hydroxylation is 1. The van der Waals surface area contributed by atoms with Gasteiger partial charge in [-0.15, -0.1) is 0 Å². The summed E-state index contributed by atoms with van der Waals surface area (Å²) in [7, 11) is 0. The van der Waals surface area contributed by atoms with Crippen molar-refractivity contribution in [2.24, 2.45) is 5.92 Å². The zero-order valence-corrected chi connectivity index (χ0v) is 10.9. The molecule has 2 nitrogen and oxygen atoms in total. The minimum atomic E-state index is 0.0868. The standard InChI is InChI=1S/C15H20N2/c1-12-5-4-6-14(11-12)17-10-8-13(7-9-16)15(17,2)3/h4-6,11,13H,7-8,10H2,1-3H3. The number of rotatable bonds is 2. The van der Waals surface area contributed by atoms with Crippen molar-refractivity contribution in [2.45, 2.75) is 39.2 Å². The number of anilines is 1. The van der Waals surface area contributed by atoms with Crippen LogP contribution in [0.1, 0.15) is 32.3 Å². The van der Waals surface area contributed by atoms with Crippen LogP contribution < -0.4 is 4.90 Å². The maximum atomic E-state index is 8.89. The van der Waals surface area contributed by atoms with E-state index in [1.54, 1.807) is 0 Å². The summed E-state index contributed by atoms with van der Waals surface area (Å²) < 4.78 is 0. The van der Waals surface area contributed by atoms with Crippen molar-refractivity contribution in [3.63, 3.8) is 0 Å². The maximum absolute atomic E-state index is 8.89. The molecule has 2 heteroatoms. The summed E-state index contributed by atoms with van der Waals surface area (Å²) >= 11 is 0. The van der Waals surface area contributed by atoms with Gasteiger partial charge in [-0.1, -0.05) is 12.1 Å². The summed E-state index contributed by atoms with van der Waals surface area (Å²) in [4.78, 5) is 2.45. The SMILES string of the molecule is Cc1cccc(N2CCC(CC#N)C2(C)C)c1. The maximum Gasteiger partial charge on any atom is 0.0625 e. The molecule has 90 valence electrons. The van der Waals surface area contributed by atoms with Gasteiger partial charge in [-0.25, -0.2) is 0 Å². The van der Waals surface area contributed by atoms with Gasteiger partial charge in [-0.3, -0.25) is 0 Å². The van der Waals surface area contributed by atoms with E-state index >= 15 is 0 Å². The highest BCUT2D eigenvalue weighted by molar-refractivity contribution is 5.52. The van der Waals surface area contributed by atoms with Crippen molar-refractivity contribution < 1.29 is 0 Å². The molecule has 1 aromatic rings. The number of hydrogen-bond acceptors (Lipinski definition) is 2. The Kier molecular flexibility index (Phi) is 3.11. The lowest BCUT2D eigenvalue weighted by Crippen LogP contribution is -2.42. The van der Waals surface area contributed by atoms with Crippen LogP contribution in [0.25, 0.3) is 0 Å². The molecule has 1 saturated heterocycles. The molecule has 17 heavy (non-hydrogen) atoms. The second-order valence-corrected chi connectivity index (χ2v) is 5.49. The van der Waals surface area contributed by atoms with Crippen molar-refractivity contribution in [3.05, 3.63) is 29.8 Å². The zero-order chi connectivity index (χ0) is 12.5. The fourth-order valence-electron chi connectivity index (χ4n) is 2.87. The lowest BCUT2D eigenvalue weighted by atomic mass is 9.86. The van der Waals surface area contributed by atoms with E-state index in [2.05, 4.69) is 56.0 Å². The highest BCUT2D eigenvalue weighted by Gasteiger charge is 2.40. The molecule has 0 bridgehead atoms. The van der Waals surface area contributed by atoms with E-state index < -0.39 is 0 Å². The lowest BCUT2D eigenvalue weighted by Gasteiger charge is -2.37. The molecule has 0 aromatic heterocycles. The largest absolute Gasteiger partial charge is 0.366 e. The second-order valence-electron chi connectivity index (χ2n) is 5.49. The molecule has 0 saturated carbocycles. The first-order valence-corrected chi connectivity index (χ1v) is 6.27. The zero-order valence-electron chi connectivity index (χ0n) is 10.9. The Morgan fingerprint density at radius 3 is 2.88 bits per heavy atom. The summed E-state index contributed by atoms with van der Waals surface area (Å²) in [5.74, 6) is 0.480. The molecule has 0 amide bonds. The minimum Gasteiger partial charge on any atom is -0.366 e. The number of nitriles is 1. The van der Waals surface area contributed by atoms with Gasteiger partial charge in [-0.05, 0) is 50.8 Å². The minimum absolute atomic E-state index is 0.0868. The third-order valence-corrected chi connectivity index (χ3v) is 4.05. The molecule has 0 N–H and O–H groups in total. The van der Waals surface area contributed by atoms with E-state index in [0.717, 1.165) is 13.0 Å². The van der Waals surface area contributed by atoms with E-state index in [1.165, 1.54) is 11.3 Å². The normalized spacial score (nSPS) is 22.5. The number of hydrogen-bond donors (Lipinski definition) is 0. The summed E-state index contributed by atoms with van der Waals surface area (Å²) in [6, 6.07) is 11.0. The molecule has 1 fully saturated rings. The van der Waals surface area contributed by atoms with Gasteiger partial charge in [0.1, 0.15) is 0 Å². The predicted molar refractivity (Wildman–Crippen MR) is 70.9 cm³/mol. The summed E-state index contributed by atoms with van der Waals surface area (Å²) in [6.07, 6.45) is 1.78. The van der Waals surface area contributed by atoms with Gasteiger partial charge >= 0.3 is 0 Å². The van der Waals surface area contributed by atoms with Crippen molar-refractivity contribution in [3.8, 4) is 6.07 Å². The topological polar surface area (TPSA) is 27.0 Å². The molecule has 0 spiro atoms. The molecule has 0 aliphatic carbocycles. The Morgan fingerprint density at radius 2 is 2.24 bits per heavy atom. The fourth-order valence-corrected chi connectivity index (χ4v) is 2.87. The first-order chi connectivity index (χ1) is 8.05. The Balaban J connectivity index is 2.27. The lowest BCUT2D eigenvalue weighted by molar-refractivity contribution is 0.371. The van der Waals surface area contributed by atoms with Crippen LogP contribution in [-0.4, -0.2) is 12.1 Å². The van der Waals surface area contributed by atoms with E-state index in [4.69, 9.17) is 5.26 Å². The highest BCUT2D eigenvalue weighted by atomic mass is 15.2. The van der Waals surface area contributed by atoms with Gasteiger partial charge in [0.15, 0.2) is 0 Å². The van der Waals surface area contributed by atoms with Gasteiger partial charge in [0.05, 0.1) is 6.07 Å². The molecule has 1 heterocycles. The van der Waals surface area contributed by atoms with Crippen LogP contribution in [0.3, 0.4) is 0 Å². The molecule has 0 radical (unpaired) electrons. The second kappa shape index (κ2) is 4.41. The Hall–Kier alpha value is -1.49. The first-order valence-electron chi connectivity index (χ1n) is 6.27. The summed E-state index contributed by atoms with van der Waals surface area (Å²) in [5, 5.41) is 8.89. The molecule has 2 rings (SSSR count). The molecule has 1 atom stereocenters. The van der Waals surface area contributed by atoms with Crippen molar-refractivity contribution in [2.75, 3.05) is 11.4 Å². The van der Waals surface area contributed by atoms with Crippen LogP contribution in [0, 0.1) is 24.2 Å². The molecular formula is C15H20N2. The quantitative estimate of drug-likeness (QED) is 0.774. The average molecular weight is 228 g/mol. The van der Waals surface area contributed by atoms with Crippen LogP contribution in [-0.2, 0) is 0 Å².